The summed E-state index contributed by atoms with van der Waals surface area (Å²) in [7, 11) is 0. The van der Waals surface area contributed by atoms with Crippen LogP contribution in [-0.2, 0) is 0 Å². The maximum Gasteiger partial charge on any atom is 0.136 e. The van der Waals surface area contributed by atoms with Gasteiger partial charge in [0.15, 0.2) is 0 Å². The third-order valence-corrected chi connectivity index (χ3v) is 9.91. The van der Waals surface area contributed by atoms with Gasteiger partial charge < -0.3 is 19.4 Å². The summed E-state index contributed by atoms with van der Waals surface area (Å²) in [5.41, 5.74) is 9.08. The molecule has 0 saturated heterocycles. The Morgan fingerprint density at radius 2 is 1.07 bits per heavy atom. The molecule has 12 aromatic heterocycles. The lowest BCUT2D eigenvalue weighted by Crippen LogP contribution is -1.77. The monoisotopic (exact) mass is 1030 g/mol. The molecule has 0 aliphatic heterocycles. The Labute approximate surface area is 441 Å². The average Bonchev–Trinajstić information content (AvgIpc) is 4.36. The van der Waals surface area contributed by atoms with Crippen molar-refractivity contribution in [3.63, 3.8) is 0 Å². The minimum Gasteiger partial charge on any atom is -0.361 e. The third-order valence-electron chi connectivity index (χ3n) is 8.58. The average molecular weight is 1030 g/mol. The number of benzene rings is 3. The van der Waals surface area contributed by atoms with E-state index < -0.39 is 0 Å². The molecule has 12 heterocycles. The minimum absolute atomic E-state index is 0.998. The predicted octanol–water partition coefficient (Wildman–Crippen LogP) is 12.4. The van der Waals surface area contributed by atoms with Crippen molar-refractivity contribution < 1.29 is 0 Å². The molecule has 15 aromatic rings. The van der Waals surface area contributed by atoms with Crippen molar-refractivity contribution in [1.82, 2.24) is 84.4 Å². The van der Waals surface area contributed by atoms with Gasteiger partial charge in [0.25, 0.3) is 0 Å². The van der Waals surface area contributed by atoms with Gasteiger partial charge in [-0.3, -0.25) is 30.0 Å². The Hall–Kier alpha value is -10.2. The van der Waals surface area contributed by atoms with E-state index in [1.54, 1.807) is 146 Å². The minimum atomic E-state index is 0.998. The molecule has 4 N–H and O–H groups in total. The van der Waals surface area contributed by atoms with Crippen LogP contribution >= 0.6 is 22.7 Å². The summed E-state index contributed by atoms with van der Waals surface area (Å²) in [4.78, 5) is 50.9. The van der Waals surface area contributed by atoms with Crippen molar-refractivity contribution in [1.29, 1.82) is 0 Å². The number of hydrogen-bond acceptors (Lipinski definition) is 14. The molecule has 3 aromatic carbocycles. The van der Waals surface area contributed by atoms with Crippen LogP contribution in [0.5, 0.6) is 0 Å². The zero-order valence-corrected chi connectivity index (χ0v) is 42.1. The van der Waals surface area contributed by atoms with Crippen molar-refractivity contribution in [3.8, 4) is 0 Å². The number of hydrogen-bond donors (Lipinski definition) is 4. The molecule has 0 saturated carbocycles. The zero-order chi connectivity index (χ0) is 52.0. The highest BCUT2D eigenvalue weighted by atomic mass is 32.1. The lowest BCUT2D eigenvalue weighted by atomic mass is 10.3. The summed E-state index contributed by atoms with van der Waals surface area (Å²) in [5.74, 6) is 0. The fraction of sp³-hybridized carbons (Fsp3) is 0. The summed E-state index contributed by atoms with van der Waals surface area (Å²) in [6, 6.07) is 47.3. The molecule has 0 unspecified atom stereocenters. The first kappa shape index (κ1) is 55.7. The first-order valence-corrected chi connectivity index (χ1v) is 24.5. The predicted molar refractivity (Wildman–Crippen MR) is 301 cm³/mol. The van der Waals surface area contributed by atoms with Gasteiger partial charge in [0.1, 0.15) is 12.0 Å². The summed E-state index contributed by atoms with van der Waals surface area (Å²) >= 11 is 3.28. The maximum atomic E-state index is 4.14. The van der Waals surface area contributed by atoms with Crippen LogP contribution in [0.15, 0.2) is 299 Å². The van der Waals surface area contributed by atoms with E-state index in [4.69, 9.17) is 0 Å². The molecule has 0 fully saturated rings. The molecule has 0 spiro atoms. The van der Waals surface area contributed by atoms with Gasteiger partial charge in [-0.05, 0) is 90.3 Å². The molecule has 15 rings (SSSR count). The van der Waals surface area contributed by atoms with Crippen LogP contribution in [0.4, 0.5) is 0 Å². The summed E-state index contributed by atoms with van der Waals surface area (Å²) < 4.78 is 3.23. The number of rotatable bonds is 0. The van der Waals surface area contributed by atoms with E-state index in [9.17, 15) is 0 Å². The van der Waals surface area contributed by atoms with Crippen LogP contribution in [0.1, 0.15) is 0 Å². The number of imidazole rings is 3. The summed E-state index contributed by atoms with van der Waals surface area (Å²) in [6.07, 6.45) is 38.1. The molecule has 0 aliphatic carbocycles. The van der Waals surface area contributed by atoms with Crippen molar-refractivity contribution >= 4 is 60.5 Å². The first-order valence-electron chi connectivity index (χ1n) is 22.7. The van der Waals surface area contributed by atoms with Gasteiger partial charge in [0.2, 0.25) is 0 Å². The van der Waals surface area contributed by atoms with Gasteiger partial charge in [0, 0.05) is 129 Å². The van der Waals surface area contributed by atoms with E-state index in [1.165, 1.54) is 21.9 Å². The van der Waals surface area contributed by atoms with Crippen molar-refractivity contribution in [3.05, 3.63) is 299 Å². The van der Waals surface area contributed by atoms with Crippen LogP contribution in [0.3, 0.4) is 0 Å². The highest BCUT2D eigenvalue weighted by molar-refractivity contribution is 7.16. The molecule has 0 radical (unpaired) electrons. The molecule has 374 valence electrons. The van der Waals surface area contributed by atoms with Crippen LogP contribution in [0, 0.1) is 0 Å². The number of pyridine rings is 3. The molecule has 19 heteroatoms. The molecule has 75 heavy (non-hydrogen) atoms. The van der Waals surface area contributed by atoms with E-state index in [0.29, 0.717) is 0 Å². The number of para-hydroxylation sites is 4. The van der Waals surface area contributed by atoms with Crippen molar-refractivity contribution in [2.45, 2.75) is 0 Å². The third kappa shape index (κ3) is 26.0. The van der Waals surface area contributed by atoms with Crippen molar-refractivity contribution in [2.75, 3.05) is 0 Å². The van der Waals surface area contributed by atoms with Crippen LogP contribution < -0.4 is 0 Å². The number of aromatic nitrogens is 17. The lowest BCUT2D eigenvalue weighted by molar-refractivity contribution is 1.09. The summed E-state index contributed by atoms with van der Waals surface area (Å²) in [6.45, 7) is 0. The Morgan fingerprint density at radius 1 is 0.387 bits per heavy atom. The molecular weight excluding hydrogens is 975 g/mol. The number of fused-ring (bicyclic) bond motifs is 4. The first-order chi connectivity index (χ1) is 37.4. The Balaban J connectivity index is 0.000000154. The van der Waals surface area contributed by atoms with Crippen LogP contribution in [0.25, 0.3) is 37.8 Å². The molecule has 0 aliphatic rings. The standard InChI is InChI=1S/C8H7N.2C7H6N2.C7H5NS.2C5H5N.2C4H4N2.2C3H4N2.C3H3NS/c1-2-4-8-7(3-1)5-6-9-8;1-2-5-9-6-4-8-7(9)3-1;2*1-2-4-7-6(3-1)8-5-9-7;2*1-2-4-6-5-3-1;1-2-6-4-3-5-1;1-2-5-4-6-3-1;1-2-5-3-4-1;1-2-4-5-3-1;1-2-5-3-4-1/h1-6,9H;1-6H;1-5H,(H,8,9);1-5H;2*1-5H;2*1-4H;2*1-3H,(H,4,5);1-3H. The summed E-state index contributed by atoms with van der Waals surface area (Å²) in [5, 5.41) is 9.41. The van der Waals surface area contributed by atoms with E-state index in [-0.39, 0.29) is 0 Å². The van der Waals surface area contributed by atoms with Gasteiger partial charge in [-0.25, -0.2) is 29.9 Å². The largest absolute Gasteiger partial charge is 0.361 e. The molecule has 0 atom stereocenters. The normalized spacial score (nSPS) is 9.07. The second-order valence-corrected chi connectivity index (χ2v) is 15.4. The maximum absolute atomic E-state index is 4.14. The second-order valence-electron chi connectivity index (χ2n) is 13.7. The fourth-order valence-corrected chi connectivity index (χ4v) is 6.31. The highest BCUT2D eigenvalue weighted by Gasteiger charge is 1.91. The Morgan fingerprint density at radius 3 is 1.55 bits per heavy atom. The fourth-order valence-electron chi connectivity index (χ4n) is 5.28. The van der Waals surface area contributed by atoms with Gasteiger partial charge in [-0.2, -0.15) is 5.10 Å². The molecular formula is C56H53N17S2. The van der Waals surface area contributed by atoms with E-state index >= 15 is 0 Å². The quantitative estimate of drug-likeness (QED) is 0.111. The topological polar surface area (TPSA) is 222 Å². The Kier molecular flexibility index (Phi) is 28.6. The van der Waals surface area contributed by atoms with Gasteiger partial charge >= 0.3 is 0 Å². The zero-order valence-electron chi connectivity index (χ0n) is 40.4. The second kappa shape index (κ2) is 38.5. The molecule has 0 bridgehead atoms. The van der Waals surface area contributed by atoms with Crippen LogP contribution in [-0.4, -0.2) is 84.4 Å². The number of H-pyrrole nitrogens is 4. The van der Waals surface area contributed by atoms with Crippen molar-refractivity contribution in [2.24, 2.45) is 0 Å². The number of thiazole rings is 2. The number of nitrogens with zero attached hydrogens (tertiary/aromatic N) is 13. The molecule has 17 nitrogen and oxygen atoms in total. The van der Waals surface area contributed by atoms with Crippen LogP contribution in [0.2, 0.25) is 0 Å². The smallest absolute Gasteiger partial charge is 0.136 e. The number of aromatic amines is 4. The van der Waals surface area contributed by atoms with Gasteiger partial charge in [0.05, 0.1) is 44.9 Å². The van der Waals surface area contributed by atoms with E-state index in [2.05, 4.69) is 104 Å². The SMILES string of the molecule is c1c[nH]cn1.c1ccc2[nH]ccc2c1.c1ccc2[nH]cnc2c1.c1ccc2scnc2c1.c1ccn2ccnc2c1.c1ccncc1.c1ccncc1.c1cn[nH]c1.c1cnccn1.c1cncnc1.c1cscn1. The highest BCUT2D eigenvalue weighted by Crippen LogP contribution is 2.15. The van der Waals surface area contributed by atoms with E-state index in [1.807, 2.05) is 149 Å². The molecule has 0 amide bonds. The van der Waals surface area contributed by atoms with E-state index in [0.717, 1.165) is 22.2 Å². The lowest BCUT2D eigenvalue weighted by Gasteiger charge is -1.86. The van der Waals surface area contributed by atoms with Gasteiger partial charge in [-0.1, -0.05) is 60.7 Å². The number of nitrogens with one attached hydrogen (secondary N) is 4. The van der Waals surface area contributed by atoms with Gasteiger partial charge in [-0.15, -0.1) is 22.7 Å². The Bertz CT molecular complexity index is 2740.